The highest BCUT2D eigenvalue weighted by Crippen LogP contribution is 2.37. The molecule has 0 saturated heterocycles. The summed E-state index contributed by atoms with van der Waals surface area (Å²) in [6.07, 6.45) is -0.195. The highest BCUT2D eigenvalue weighted by atomic mass is 32.2. The Balaban J connectivity index is 1.97. The SMILES string of the molecule is [B]Cc1cc(C[B])c(C[B])c(C(=O)Oc2cc(OC(=O)c3cc(C)cc(C)c3C)c(C(=O)OCCS(=O)(=O)O)c(OC(=O)c3cc(C[B])cc(C[B])c3C[B])c2)c1. The van der Waals surface area contributed by atoms with Gasteiger partial charge in [-0.3, -0.25) is 4.55 Å². The third-order valence-corrected chi connectivity index (χ3v) is 9.71. The van der Waals surface area contributed by atoms with E-state index in [4.69, 9.17) is 66.0 Å². The van der Waals surface area contributed by atoms with Crippen LogP contribution in [-0.2, 0) is 52.8 Å². The molecule has 0 aliphatic rings. The van der Waals surface area contributed by atoms with Crippen LogP contribution in [0.2, 0.25) is 0 Å². The number of aryl methyl sites for hydroxylation is 2. The largest absolute Gasteiger partial charge is 0.461 e. The summed E-state index contributed by atoms with van der Waals surface area (Å²) in [6.45, 7) is 4.37. The molecule has 0 aromatic heterocycles. The van der Waals surface area contributed by atoms with Gasteiger partial charge in [0, 0.05) is 12.1 Å². The van der Waals surface area contributed by atoms with Gasteiger partial charge in [-0.2, -0.15) is 8.42 Å². The normalized spacial score (nSPS) is 11.2. The van der Waals surface area contributed by atoms with Gasteiger partial charge in [0.05, 0.1) is 63.8 Å². The van der Waals surface area contributed by atoms with Crippen molar-refractivity contribution in [3.8, 4) is 17.2 Å². The Morgan fingerprint density at radius 3 is 1.49 bits per heavy atom. The Hall–Kier alpha value is -4.94. The van der Waals surface area contributed by atoms with Crippen LogP contribution in [0.25, 0.3) is 0 Å². The van der Waals surface area contributed by atoms with Gasteiger partial charge in [-0.1, -0.05) is 78.4 Å². The van der Waals surface area contributed by atoms with Crippen LogP contribution in [0.5, 0.6) is 17.2 Å². The molecular formula is C39H34B6O11S. The van der Waals surface area contributed by atoms with Gasteiger partial charge in [-0.15, -0.1) is 0 Å². The van der Waals surface area contributed by atoms with Gasteiger partial charge in [-0.05, 0) is 66.8 Å². The predicted molar refractivity (Wildman–Crippen MR) is 218 cm³/mol. The van der Waals surface area contributed by atoms with Gasteiger partial charge in [0.15, 0.2) is 11.5 Å². The lowest BCUT2D eigenvalue weighted by molar-refractivity contribution is 0.0516. The molecule has 1 N–H and O–H groups in total. The molecule has 4 aromatic rings. The average molecular weight is 776 g/mol. The molecule has 0 bridgehead atoms. The topological polar surface area (TPSA) is 160 Å². The molecule has 280 valence electrons. The maximum atomic E-state index is 14.0. The zero-order valence-electron chi connectivity index (χ0n) is 31.7. The highest BCUT2D eigenvalue weighted by Gasteiger charge is 2.30. The van der Waals surface area contributed by atoms with Gasteiger partial charge in [-0.25, -0.2) is 19.2 Å². The third kappa shape index (κ3) is 10.9. The molecule has 4 aromatic carbocycles. The quantitative estimate of drug-likeness (QED) is 0.0771. The fourth-order valence-electron chi connectivity index (χ4n) is 6.06. The Bertz CT molecular complexity index is 2330. The number of hydrogen-bond donors (Lipinski definition) is 1. The van der Waals surface area contributed by atoms with Crippen LogP contribution in [0.15, 0.2) is 48.5 Å². The first kappa shape index (κ1) is 44.8. The van der Waals surface area contributed by atoms with Gasteiger partial charge in [0.1, 0.15) is 23.7 Å². The maximum Gasteiger partial charge on any atom is 0.345 e. The van der Waals surface area contributed by atoms with Crippen LogP contribution >= 0.6 is 0 Å². The van der Waals surface area contributed by atoms with E-state index in [-0.39, 0.29) is 60.4 Å². The summed E-state index contributed by atoms with van der Waals surface area (Å²) in [5.41, 5.74) is 4.13. The van der Waals surface area contributed by atoms with E-state index < -0.39 is 63.4 Å². The van der Waals surface area contributed by atoms with Crippen LogP contribution in [0, 0.1) is 20.8 Å². The molecule has 0 aliphatic carbocycles. The first-order valence-corrected chi connectivity index (χ1v) is 19.1. The standard InChI is InChI=1S/C39H34B6O11S/c1-20-6-21(2)22(3)28(7-20)36(46)55-33-12-27(54-37(47)29-10-23(14-40)8-25(16-42)31(29)18-44)13-34(35(33)39(49)53-4-5-57(50,51)52)56-38(48)30-11-24(15-41)9-26(17-43)32(30)19-45/h6-13H,4-5,14-19H2,1-3H3,(H,50,51,52). The van der Waals surface area contributed by atoms with Crippen LogP contribution in [0.3, 0.4) is 0 Å². The molecule has 0 aliphatic heterocycles. The lowest BCUT2D eigenvalue weighted by Gasteiger charge is -2.19. The van der Waals surface area contributed by atoms with E-state index in [2.05, 4.69) is 0 Å². The molecule has 0 fully saturated rings. The molecular weight excluding hydrogens is 741 g/mol. The summed E-state index contributed by atoms with van der Waals surface area (Å²) < 4.78 is 54.7. The molecule has 11 nitrogen and oxygen atoms in total. The molecule has 0 heterocycles. The Kier molecular flexibility index (Phi) is 15.3. The minimum absolute atomic E-state index is 0.00880. The highest BCUT2D eigenvalue weighted by molar-refractivity contribution is 7.85. The maximum absolute atomic E-state index is 14.0. The molecule has 4 rings (SSSR count). The first-order valence-electron chi connectivity index (χ1n) is 17.5. The lowest BCUT2D eigenvalue weighted by atomic mass is 9.81. The Morgan fingerprint density at radius 1 is 0.579 bits per heavy atom. The van der Waals surface area contributed by atoms with Crippen LogP contribution in [0.1, 0.15) is 91.5 Å². The zero-order chi connectivity index (χ0) is 42.2. The van der Waals surface area contributed by atoms with E-state index in [0.29, 0.717) is 44.5 Å². The van der Waals surface area contributed by atoms with Crippen molar-refractivity contribution in [2.45, 2.75) is 58.7 Å². The zero-order valence-corrected chi connectivity index (χ0v) is 32.5. The van der Waals surface area contributed by atoms with E-state index in [1.54, 1.807) is 39.0 Å². The Morgan fingerprint density at radius 2 is 1.05 bits per heavy atom. The summed E-state index contributed by atoms with van der Waals surface area (Å²) in [7, 11) is 31.0. The monoisotopic (exact) mass is 776 g/mol. The van der Waals surface area contributed by atoms with Crippen molar-refractivity contribution in [1.82, 2.24) is 0 Å². The number of benzene rings is 4. The summed E-state index contributed by atoms with van der Waals surface area (Å²) in [6, 6.07) is 11.7. The molecule has 57 heavy (non-hydrogen) atoms. The number of esters is 4. The molecule has 18 heteroatoms. The van der Waals surface area contributed by atoms with Crippen molar-refractivity contribution in [2.75, 3.05) is 12.4 Å². The van der Waals surface area contributed by atoms with E-state index in [1.807, 2.05) is 6.07 Å². The van der Waals surface area contributed by atoms with Crippen molar-refractivity contribution in [2.24, 2.45) is 0 Å². The van der Waals surface area contributed by atoms with Gasteiger partial charge < -0.3 is 18.9 Å². The fourth-order valence-corrected chi connectivity index (χ4v) is 6.36. The first-order chi connectivity index (χ1) is 27.0. The number of carbonyl (C=O) groups is 4. The summed E-state index contributed by atoms with van der Waals surface area (Å²) in [5, 5.41) is 0. The smallest absolute Gasteiger partial charge is 0.345 e. The number of carbonyl (C=O) groups excluding carboxylic acids is 4. The number of hydrogen-bond acceptors (Lipinski definition) is 10. The van der Waals surface area contributed by atoms with Gasteiger partial charge in [0.2, 0.25) is 0 Å². The van der Waals surface area contributed by atoms with Gasteiger partial charge >= 0.3 is 23.9 Å². The van der Waals surface area contributed by atoms with Crippen molar-refractivity contribution in [3.63, 3.8) is 0 Å². The van der Waals surface area contributed by atoms with Crippen LogP contribution < -0.4 is 14.2 Å². The van der Waals surface area contributed by atoms with Crippen molar-refractivity contribution in [3.05, 3.63) is 121 Å². The van der Waals surface area contributed by atoms with Gasteiger partial charge in [0.25, 0.3) is 10.1 Å². The van der Waals surface area contributed by atoms with Crippen molar-refractivity contribution >= 4 is 81.1 Å². The van der Waals surface area contributed by atoms with Crippen LogP contribution in [-0.4, -0.2) is 96.3 Å². The summed E-state index contributed by atoms with van der Waals surface area (Å²) in [4.78, 5) is 55.5. The molecule has 12 radical (unpaired) electrons. The lowest BCUT2D eigenvalue weighted by Crippen LogP contribution is -2.21. The minimum Gasteiger partial charge on any atom is -0.461 e. The fraction of sp³-hybridized carbons (Fsp3) is 0.282. The second-order valence-electron chi connectivity index (χ2n) is 12.9. The molecule has 0 saturated carbocycles. The number of rotatable bonds is 16. The molecule has 0 unspecified atom stereocenters. The second kappa shape index (κ2) is 19.5. The second-order valence-corrected chi connectivity index (χ2v) is 14.5. The summed E-state index contributed by atoms with van der Waals surface area (Å²) in [5.74, 6) is -6.98. The van der Waals surface area contributed by atoms with E-state index in [9.17, 15) is 32.1 Å². The minimum atomic E-state index is -4.59. The summed E-state index contributed by atoms with van der Waals surface area (Å²) >= 11 is 0. The number of ether oxygens (including phenoxy) is 4. The van der Waals surface area contributed by atoms with E-state index in [0.717, 1.165) is 17.7 Å². The predicted octanol–water partition coefficient (Wildman–Crippen LogP) is 3.33. The van der Waals surface area contributed by atoms with E-state index >= 15 is 0 Å². The average Bonchev–Trinajstić information content (AvgIpc) is 3.17. The molecule has 0 atom stereocenters. The van der Waals surface area contributed by atoms with E-state index in [1.165, 1.54) is 12.1 Å². The van der Waals surface area contributed by atoms with Crippen molar-refractivity contribution < 1.29 is 51.1 Å². The van der Waals surface area contributed by atoms with Crippen molar-refractivity contribution in [1.29, 1.82) is 0 Å². The third-order valence-electron chi connectivity index (χ3n) is 9.03. The molecule has 0 amide bonds. The molecule has 0 spiro atoms. The Labute approximate surface area is 340 Å². The van der Waals surface area contributed by atoms with Crippen LogP contribution in [0.4, 0.5) is 0 Å².